The standard InChI is InChI=1S/C31H46N6O5/c1-4-16-32-25-12-13-26(33-17-5-2)34-27(25)35-19-21-36(22-20-35)30(40)42-23-24-11-10-18-37(24)28(38)31(29(39)41-6-3)14-8-7-9-15-31/h4-5,12-13,24,32H,1-2,6-11,14-23H2,3H3,(H,33,34). The third kappa shape index (κ3) is 7.17. The molecule has 4 rings (SSSR count). The van der Waals surface area contributed by atoms with E-state index in [-0.39, 0.29) is 31.3 Å². The van der Waals surface area contributed by atoms with Crippen molar-refractivity contribution < 1.29 is 23.9 Å². The number of piperazine rings is 1. The maximum Gasteiger partial charge on any atom is 0.409 e. The van der Waals surface area contributed by atoms with Gasteiger partial charge in [0.05, 0.1) is 18.3 Å². The molecule has 2 aliphatic heterocycles. The summed E-state index contributed by atoms with van der Waals surface area (Å²) in [6.45, 7) is 13.7. The summed E-state index contributed by atoms with van der Waals surface area (Å²) in [5.41, 5.74) is -0.206. The number of anilines is 3. The van der Waals surface area contributed by atoms with Gasteiger partial charge in [0.1, 0.15) is 17.8 Å². The van der Waals surface area contributed by atoms with Crippen molar-refractivity contribution in [2.24, 2.45) is 5.41 Å². The van der Waals surface area contributed by atoms with Crippen molar-refractivity contribution in [3.05, 3.63) is 37.4 Å². The minimum Gasteiger partial charge on any atom is -0.465 e. The van der Waals surface area contributed by atoms with Gasteiger partial charge in [0.25, 0.3) is 0 Å². The lowest BCUT2D eigenvalue weighted by Gasteiger charge is -2.38. The van der Waals surface area contributed by atoms with Crippen LogP contribution in [0.5, 0.6) is 0 Å². The van der Waals surface area contributed by atoms with Crippen LogP contribution >= 0.6 is 0 Å². The van der Waals surface area contributed by atoms with Crippen LogP contribution in [0.15, 0.2) is 37.4 Å². The van der Waals surface area contributed by atoms with Crippen molar-refractivity contribution in [2.75, 3.05) is 74.6 Å². The minimum atomic E-state index is -1.11. The monoisotopic (exact) mass is 582 g/mol. The third-order valence-electron chi connectivity index (χ3n) is 8.40. The van der Waals surface area contributed by atoms with Crippen molar-refractivity contribution in [2.45, 2.75) is 57.9 Å². The van der Waals surface area contributed by atoms with Gasteiger partial charge in [-0.05, 0) is 44.7 Å². The minimum absolute atomic E-state index is 0.123. The number of nitrogens with zero attached hydrogens (tertiary/aromatic N) is 4. The van der Waals surface area contributed by atoms with Gasteiger partial charge >= 0.3 is 12.1 Å². The molecule has 0 spiro atoms. The topological polar surface area (TPSA) is 116 Å². The van der Waals surface area contributed by atoms with Crippen LogP contribution in [0.1, 0.15) is 51.9 Å². The molecule has 0 radical (unpaired) electrons. The van der Waals surface area contributed by atoms with E-state index in [2.05, 4.69) is 28.7 Å². The van der Waals surface area contributed by atoms with Crippen molar-refractivity contribution in [1.82, 2.24) is 14.8 Å². The van der Waals surface area contributed by atoms with Crippen LogP contribution in [0.25, 0.3) is 0 Å². The molecule has 3 heterocycles. The number of hydrogen-bond donors (Lipinski definition) is 2. The Balaban J connectivity index is 1.34. The fourth-order valence-electron chi connectivity index (χ4n) is 6.13. The molecular formula is C31H46N6O5. The van der Waals surface area contributed by atoms with Gasteiger partial charge in [0, 0.05) is 45.8 Å². The fourth-order valence-corrected chi connectivity index (χ4v) is 6.13. The molecule has 0 bridgehead atoms. The molecule has 2 N–H and O–H groups in total. The molecule has 1 aliphatic carbocycles. The molecule has 3 fully saturated rings. The van der Waals surface area contributed by atoms with E-state index in [1.807, 2.05) is 12.1 Å². The van der Waals surface area contributed by atoms with E-state index in [4.69, 9.17) is 14.5 Å². The van der Waals surface area contributed by atoms with Gasteiger partial charge in [-0.25, -0.2) is 9.78 Å². The van der Waals surface area contributed by atoms with Crippen LogP contribution in [-0.2, 0) is 19.1 Å². The molecule has 42 heavy (non-hydrogen) atoms. The molecule has 2 amide bonds. The maximum absolute atomic E-state index is 13.8. The number of ether oxygens (including phenoxy) is 2. The molecule has 1 aromatic heterocycles. The molecule has 1 aromatic rings. The molecule has 11 heteroatoms. The van der Waals surface area contributed by atoms with Crippen LogP contribution in [0.3, 0.4) is 0 Å². The number of carbonyl (C=O) groups excluding carboxylic acids is 3. The Labute approximate surface area is 249 Å². The van der Waals surface area contributed by atoms with Crippen LogP contribution in [0, 0.1) is 5.41 Å². The van der Waals surface area contributed by atoms with Gasteiger partial charge < -0.3 is 34.8 Å². The molecule has 2 saturated heterocycles. The zero-order valence-corrected chi connectivity index (χ0v) is 24.9. The number of amides is 2. The number of nitrogens with one attached hydrogen (secondary N) is 2. The first-order valence-corrected chi connectivity index (χ1v) is 15.3. The number of hydrogen-bond acceptors (Lipinski definition) is 9. The van der Waals surface area contributed by atoms with Crippen LogP contribution in [0.4, 0.5) is 22.1 Å². The smallest absolute Gasteiger partial charge is 0.409 e. The Hall–Kier alpha value is -3.76. The summed E-state index contributed by atoms with van der Waals surface area (Å²) in [6, 6.07) is 3.68. The van der Waals surface area contributed by atoms with E-state index in [1.165, 1.54) is 0 Å². The first-order chi connectivity index (χ1) is 20.4. The van der Waals surface area contributed by atoms with Crippen LogP contribution in [0.2, 0.25) is 0 Å². The second-order valence-corrected chi connectivity index (χ2v) is 11.1. The van der Waals surface area contributed by atoms with E-state index in [0.29, 0.717) is 58.7 Å². The number of carbonyl (C=O) groups is 3. The average Bonchev–Trinajstić information content (AvgIpc) is 3.50. The Bertz CT molecular complexity index is 1110. The van der Waals surface area contributed by atoms with Gasteiger partial charge in [-0.2, -0.15) is 0 Å². The highest BCUT2D eigenvalue weighted by molar-refractivity contribution is 6.03. The van der Waals surface area contributed by atoms with Gasteiger partial charge in [-0.1, -0.05) is 31.4 Å². The fraction of sp³-hybridized carbons (Fsp3) is 0.613. The molecular weight excluding hydrogens is 536 g/mol. The van der Waals surface area contributed by atoms with Crippen molar-refractivity contribution in [1.29, 1.82) is 0 Å². The largest absolute Gasteiger partial charge is 0.465 e. The van der Waals surface area contributed by atoms with Gasteiger partial charge in [-0.3, -0.25) is 9.59 Å². The summed E-state index contributed by atoms with van der Waals surface area (Å²) >= 11 is 0. The van der Waals surface area contributed by atoms with Crippen molar-refractivity contribution in [3.63, 3.8) is 0 Å². The summed E-state index contributed by atoms with van der Waals surface area (Å²) in [5.74, 6) is 1.00. The van der Waals surface area contributed by atoms with E-state index in [1.54, 1.807) is 28.9 Å². The van der Waals surface area contributed by atoms with Gasteiger partial charge in [-0.15, -0.1) is 13.2 Å². The molecule has 3 aliphatic rings. The SMILES string of the molecule is C=CCNc1ccc(NCC=C)c(N2CCN(C(=O)OCC3CCCN3C(=O)C3(C(=O)OCC)CCCCC3)CC2)n1. The lowest BCUT2D eigenvalue weighted by Crippen LogP contribution is -2.53. The van der Waals surface area contributed by atoms with Crippen LogP contribution < -0.4 is 15.5 Å². The second kappa shape index (κ2) is 14.9. The maximum atomic E-state index is 13.8. The number of rotatable bonds is 12. The number of likely N-dealkylation sites (tertiary alicyclic amines) is 1. The highest BCUT2D eigenvalue weighted by Gasteiger charge is 2.51. The summed E-state index contributed by atoms with van der Waals surface area (Å²) in [6.07, 6.45) is 8.49. The van der Waals surface area contributed by atoms with E-state index >= 15 is 0 Å². The highest BCUT2D eigenvalue weighted by atomic mass is 16.6. The summed E-state index contributed by atoms with van der Waals surface area (Å²) in [5, 5.41) is 6.58. The average molecular weight is 583 g/mol. The van der Waals surface area contributed by atoms with Crippen molar-refractivity contribution >= 4 is 35.3 Å². The molecule has 1 atom stereocenters. The molecule has 1 unspecified atom stereocenters. The van der Waals surface area contributed by atoms with E-state index in [9.17, 15) is 14.4 Å². The Morgan fingerprint density at radius 3 is 2.38 bits per heavy atom. The molecule has 1 saturated carbocycles. The summed E-state index contributed by atoms with van der Waals surface area (Å²) in [7, 11) is 0. The highest BCUT2D eigenvalue weighted by Crippen LogP contribution is 2.41. The first kappa shape index (κ1) is 31.2. The summed E-state index contributed by atoms with van der Waals surface area (Å²) < 4.78 is 11.1. The number of esters is 1. The molecule has 11 nitrogen and oxygen atoms in total. The van der Waals surface area contributed by atoms with E-state index in [0.717, 1.165) is 49.4 Å². The first-order valence-electron chi connectivity index (χ1n) is 15.3. The quantitative estimate of drug-likeness (QED) is 0.214. The zero-order valence-electron chi connectivity index (χ0n) is 24.9. The van der Waals surface area contributed by atoms with Crippen molar-refractivity contribution in [3.8, 4) is 0 Å². The lowest BCUT2D eigenvalue weighted by molar-refractivity contribution is -0.168. The zero-order chi connectivity index (χ0) is 30.0. The lowest BCUT2D eigenvalue weighted by atomic mass is 9.72. The molecule has 230 valence electrons. The second-order valence-electron chi connectivity index (χ2n) is 11.1. The Kier molecular flexibility index (Phi) is 11.1. The normalized spacial score (nSPS) is 20.0. The Morgan fingerprint density at radius 1 is 0.976 bits per heavy atom. The van der Waals surface area contributed by atoms with E-state index < -0.39 is 11.4 Å². The number of pyridine rings is 1. The predicted octanol–water partition coefficient (Wildman–Crippen LogP) is 4.04. The van der Waals surface area contributed by atoms with Gasteiger partial charge in [0.15, 0.2) is 5.82 Å². The van der Waals surface area contributed by atoms with Gasteiger partial charge in [0.2, 0.25) is 5.91 Å². The molecule has 0 aromatic carbocycles. The third-order valence-corrected chi connectivity index (χ3v) is 8.40. The van der Waals surface area contributed by atoms with Crippen LogP contribution in [-0.4, -0.2) is 97.8 Å². The number of aromatic nitrogens is 1. The predicted molar refractivity (Wildman–Crippen MR) is 164 cm³/mol. The summed E-state index contributed by atoms with van der Waals surface area (Å²) in [4.78, 5) is 50.3. The Morgan fingerprint density at radius 2 is 1.69 bits per heavy atom.